The third kappa shape index (κ3) is 4.64. The molecule has 0 aliphatic heterocycles. The van der Waals surface area contributed by atoms with Crippen LogP contribution in [0.2, 0.25) is 38.8 Å². The van der Waals surface area contributed by atoms with E-state index in [4.69, 9.17) is 4.43 Å². The largest absolute Gasteiger partial charge is 0.413 e. The average Bonchev–Trinajstić information content (AvgIpc) is 2.17. The lowest BCUT2D eigenvalue weighted by Crippen LogP contribution is -2.45. The minimum Gasteiger partial charge on any atom is -0.413 e. The smallest absolute Gasteiger partial charge is 0.218 e. The van der Waals surface area contributed by atoms with Crippen molar-refractivity contribution in [1.29, 1.82) is 0 Å². The zero-order valence-electron chi connectivity index (χ0n) is 11.2. The van der Waals surface area contributed by atoms with Crippen molar-refractivity contribution in [2.45, 2.75) is 38.8 Å². The average molecular weight is 253 g/mol. The van der Waals surface area contributed by atoms with E-state index in [-0.39, 0.29) is 0 Å². The highest BCUT2D eigenvalue weighted by Crippen LogP contribution is 2.11. The predicted molar refractivity (Wildman–Crippen MR) is 77.7 cm³/mol. The molecule has 0 spiro atoms. The quantitative estimate of drug-likeness (QED) is 0.729. The summed E-state index contributed by atoms with van der Waals surface area (Å²) >= 11 is 0. The van der Waals surface area contributed by atoms with E-state index < -0.39 is 16.4 Å². The van der Waals surface area contributed by atoms with E-state index in [0.29, 0.717) is 0 Å². The van der Waals surface area contributed by atoms with E-state index in [9.17, 15) is 0 Å². The first-order chi connectivity index (χ1) is 7.31. The van der Waals surface area contributed by atoms with Crippen molar-refractivity contribution in [2.75, 3.05) is 6.61 Å². The molecule has 0 atom stereocenters. The summed E-state index contributed by atoms with van der Waals surface area (Å²) in [4.78, 5) is 0. The van der Waals surface area contributed by atoms with Crippen LogP contribution in [0.25, 0.3) is 0 Å². The van der Waals surface area contributed by atoms with Crippen LogP contribution in [0.4, 0.5) is 0 Å². The second kappa shape index (κ2) is 5.30. The third-order valence-electron chi connectivity index (χ3n) is 2.78. The van der Waals surface area contributed by atoms with Gasteiger partial charge in [0.15, 0.2) is 0 Å². The lowest BCUT2D eigenvalue weighted by Gasteiger charge is -2.25. The van der Waals surface area contributed by atoms with E-state index in [1.807, 2.05) is 0 Å². The molecule has 0 aliphatic rings. The Kier molecular flexibility index (Phi) is 4.53. The summed E-state index contributed by atoms with van der Waals surface area (Å²) < 4.78 is 6.17. The highest BCUT2D eigenvalue weighted by molar-refractivity contribution is 6.84. The maximum Gasteiger partial charge on any atom is 0.218 e. The molecule has 1 aromatic carbocycles. The molecule has 0 unspecified atom stereocenters. The zero-order valence-corrected chi connectivity index (χ0v) is 13.2. The van der Waals surface area contributed by atoms with Gasteiger partial charge in [-0.15, -0.1) is 0 Å². The predicted octanol–water partition coefficient (Wildman–Crippen LogP) is 3.45. The van der Waals surface area contributed by atoms with Gasteiger partial charge in [-0.1, -0.05) is 50.0 Å². The molecule has 1 rings (SSSR count). The van der Waals surface area contributed by atoms with Gasteiger partial charge in [-0.2, -0.15) is 0 Å². The number of hydrogen-bond donors (Lipinski definition) is 0. The molecule has 0 heterocycles. The van der Waals surface area contributed by atoms with Crippen LogP contribution in [0, 0.1) is 0 Å². The molecule has 0 bridgehead atoms. The molecule has 1 aromatic rings. The molecular formula is C13H24OSi2. The summed E-state index contributed by atoms with van der Waals surface area (Å²) in [5.41, 5.74) is 0. The Hall–Kier alpha value is -0.386. The summed E-state index contributed by atoms with van der Waals surface area (Å²) in [5.74, 6) is 0. The van der Waals surface area contributed by atoms with Crippen LogP contribution in [-0.4, -0.2) is 23.0 Å². The topological polar surface area (TPSA) is 9.23 Å². The minimum atomic E-state index is -1.66. The fraction of sp³-hybridized carbons (Fsp3) is 0.538. The second-order valence-electron chi connectivity index (χ2n) is 6.04. The van der Waals surface area contributed by atoms with Gasteiger partial charge < -0.3 is 4.43 Å². The van der Waals surface area contributed by atoms with Crippen LogP contribution in [0.15, 0.2) is 30.3 Å². The highest BCUT2D eigenvalue weighted by Gasteiger charge is 2.25. The van der Waals surface area contributed by atoms with Crippen LogP contribution in [-0.2, 0) is 4.43 Å². The molecular weight excluding hydrogens is 228 g/mol. The fourth-order valence-corrected chi connectivity index (χ4v) is 4.23. The molecule has 1 nitrogen and oxygen atoms in total. The molecule has 0 aromatic heterocycles. The van der Waals surface area contributed by atoms with Crippen LogP contribution >= 0.6 is 0 Å². The van der Waals surface area contributed by atoms with Crippen molar-refractivity contribution in [3.63, 3.8) is 0 Å². The Balaban J connectivity index is 2.53. The lowest BCUT2D eigenvalue weighted by atomic mass is 10.4. The summed E-state index contributed by atoms with van der Waals surface area (Å²) in [5, 5.41) is 1.39. The summed E-state index contributed by atoms with van der Waals surface area (Å²) in [6.07, 6.45) is 0. The SMILES string of the molecule is C[Si](C)(C)CCO[Si](C)(C)c1ccccc1. The van der Waals surface area contributed by atoms with E-state index in [1.54, 1.807) is 0 Å². The first kappa shape index (κ1) is 13.7. The standard InChI is InChI=1S/C13H24OSi2/c1-15(2,3)12-11-14-16(4,5)13-9-7-6-8-10-13/h6-10H,11-12H2,1-5H3. The molecule has 3 heteroatoms. The van der Waals surface area contributed by atoms with Gasteiger partial charge in [-0.05, 0) is 24.3 Å². The fourth-order valence-electron chi connectivity index (χ4n) is 1.54. The van der Waals surface area contributed by atoms with Crippen LogP contribution in [0.3, 0.4) is 0 Å². The molecule has 16 heavy (non-hydrogen) atoms. The van der Waals surface area contributed by atoms with E-state index in [1.165, 1.54) is 11.2 Å². The van der Waals surface area contributed by atoms with Crippen molar-refractivity contribution in [2.24, 2.45) is 0 Å². The Morgan fingerprint density at radius 1 is 0.938 bits per heavy atom. The summed E-state index contributed by atoms with van der Waals surface area (Å²) in [6, 6.07) is 11.9. The molecule has 90 valence electrons. The van der Waals surface area contributed by atoms with Crippen molar-refractivity contribution in [1.82, 2.24) is 0 Å². The van der Waals surface area contributed by atoms with Gasteiger partial charge in [0, 0.05) is 14.7 Å². The molecule has 0 saturated carbocycles. The zero-order chi connectivity index (χ0) is 12.2. The first-order valence-corrected chi connectivity index (χ1v) is 12.6. The maximum absolute atomic E-state index is 6.17. The second-order valence-corrected chi connectivity index (χ2v) is 15.5. The third-order valence-corrected chi connectivity index (χ3v) is 7.14. The van der Waals surface area contributed by atoms with Gasteiger partial charge >= 0.3 is 0 Å². The van der Waals surface area contributed by atoms with Crippen molar-refractivity contribution < 1.29 is 4.43 Å². The Bertz CT molecular complexity index is 314. The van der Waals surface area contributed by atoms with Gasteiger partial charge in [0.25, 0.3) is 0 Å². The Morgan fingerprint density at radius 2 is 1.50 bits per heavy atom. The number of benzene rings is 1. The van der Waals surface area contributed by atoms with Crippen LogP contribution < -0.4 is 5.19 Å². The van der Waals surface area contributed by atoms with Gasteiger partial charge in [-0.3, -0.25) is 0 Å². The molecule has 0 N–H and O–H groups in total. The van der Waals surface area contributed by atoms with Crippen LogP contribution in [0.5, 0.6) is 0 Å². The van der Waals surface area contributed by atoms with Crippen molar-refractivity contribution >= 4 is 21.6 Å². The molecule has 0 saturated heterocycles. The van der Waals surface area contributed by atoms with E-state index in [0.717, 1.165) is 6.61 Å². The van der Waals surface area contributed by atoms with Gasteiger partial charge in [-0.25, -0.2) is 0 Å². The molecule has 0 fully saturated rings. The normalized spacial score (nSPS) is 12.8. The molecule has 0 radical (unpaired) electrons. The van der Waals surface area contributed by atoms with E-state index in [2.05, 4.69) is 63.1 Å². The van der Waals surface area contributed by atoms with Gasteiger partial charge in [0.1, 0.15) is 0 Å². The number of rotatable bonds is 5. The van der Waals surface area contributed by atoms with Crippen LogP contribution in [0.1, 0.15) is 0 Å². The Labute approximate surface area is 102 Å². The highest BCUT2D eigenvalue weighted by atomic mass is 28.4. The first-order valence-electron chi connectivity index (χ1n) is 6.01. The number of hydrogen-bond acceptors (Lipinski definition) is 1. The molecule has 0 amide bonds. The van der Waals surface area contributed by atoms with E-state index >= 15 is 0 Å². The van der Waals surface area contributed by atoms with Crippen molar-refractivity contribution in [3.8, 4) is 0 Å². The lowest BCUT2D eigenvalue weighted by molar-refractivity contribution is 0.337. The summed E-state index contributed by atoms with van der Waals surface area (Å²) in [7, 11) is -2.62. The Morgan fingerprint density at radius 3 is 2.00 bits per heavy atom. The summed E-state index contributed by atoms with van der Waals surface area (Å²) in [6.45, 7) is 12.7. The minimum absolute atomic E-state index is 0.934. The van der Waals surface area contributed by atoms with Crippen molar-refractivity contribution in [3.05, 3.63) is 30.3 Å². The monoisotopic (exact) mass is 252 g/mol. The molecule has 0 aliphatic carbocycles. The van der Waals surface area contributed by atoms with Gasteiger partial charge in [0.05, 0.1) is 0 Å². The van der Waals surface area contributed by atoms with Gasteiger partial charge in [0.2, 0.25) is 8.32 Å². The maximum atomic E-state index is 6.17.